The van der Waals surface area contributed by atoms with E-state index in [-0.39, 0.29) is 5.91 Å². The summed E-state index contributed by atoms with van der Waals surface area (Å²) in [6.07, 6.45) is 5.25. The molecule has 1 saturated heterocycles. The maximum absolute atomic E-state index is 12.5. The van der Waals surface area contributed by atoms with Gasteiger partial charge in [0.05, 0.1) is 17.4 Å². The molecule has 0 spiro atoms. The monoisotopic (exact) mass is 333 g/mol. The zero-order valence-electron chi connectivity index (χ0n) is 14.3. The van der Waals surface area contributed by atoms with Crippen LogP contribution in [-0.2, 0) is 17.6 Å². The largest absolute Gasteiger partial charge is 0.345 e. The number of likely N-dealkylation sites (tertiary alicyclic amines) is 1. The summed E-state index contributed by atoms with van der Waals surface area (Å²) in [4.78, 5) is 21.9. The number of aromatic amines is 1. The Morgan fingerprint density at radius 3 is 2.92 bits per heavy atom. The molecule has 0 bridgehead atoms. The molecule has 1 aliphatic heterocycles. The van der Waals surface area contributed by atoms with Crippen molar-refractivity contribution in [1.82, 2.24) is 14.9 Å². The van der Waals surface area contributed by atoms with Crippen molar-refractivity contribution in [2.75, 3.05) is 13.1 Å². The van der Waals surface area contributed by atoms with Gasteiger partial charge >= 0.3 is 0 Å². The van der Waals surface area contributed by atoms with Crippen LogP contribution in [0.15, 0.2) is 54.9 Å². The second-order valence-corrected chi connectivity index (χ2v) is 6.94. The number of aromatic nitrogens is 2. The molecule has 0 saturated carbocycles. The predicted octanol–water partition coefficient (Wildman–Crippen LogP) is 3.59. The molecule has 1 aromatic heterocycles. The average Bonchev–Trinajstić information content (AvgIpc) is 3.29. The third-order valence-corrected chi connectivity index (χ3v) is 5.12. The lowest BCUT2D eigenvalue weighted by atomic mass is 9.99. The molecule has 0 aliphatic carbocycles. The van der Waals surface area contributed by atoms with E-state index in [1.165, 1.54) is 11.1 Å². The molecule has 25 heavy (non-hydrogen) atoms. The van der Waals surface area contributed by atoms with Gasteiger partial charge in [0.2, 0.25) is 5.91 Å². The second-order valence-electron chi connectivity index (χ2n) is 6.94. The highest BCUT2D eigenvalue weighted by molar-refractivity contribution is 5.78. The fraction of sp³-hybridized carbons (Fsp3) is 0.333. The number of hydrogen-bond donors (Lipinski definition) is 1. The van der Waals surface area contributed by atoms with Gasteiger partial charge in [-0.15, -0.1) is 0 Å². The summed E-state index contributed by atoms with van der Waals surface area (Å²) in [5, 5.41) is 0. The Morgan fingerprint density at radius 1 is 1.16 bits per heavy atom. The van der Waals surface area contributed by atoms with Crippen LogP contribution in [-0.4, -0.2) is 33.9 Å². The smallest absolute Gasteiger partial charge is 0.222 e. The molecule has 128 valence electrons. The molecule has 4 rings (SSSR count). The lowest BCUT2D eigenvalue weighted by Gasteiger charge is -2.16. The van der Waals surface area contributed by atoms with Crippen LogP contribution in [0.4, 0.5) is 0 Å². The van der Waals surface area contributed by atoms with E-state index in [0.717, 1.165) is 43.4 Å². The number of hydrogen-bond acceptors (Lipinski definition) is 2. The lowest BCUT2D eigenvalue weighted by Crippen LogP contribution is -2.29. The summed E-state index contributed by atoms with van der Waals surface area (Å²) >= 11 is 0. The van der Waals surface area contributed by atoms with Gasteiger partial charge in [0.25, 0.3) is 0 Å². The van der Waals surface area contributed by atoms with Gasteiger partial charge in [-0.1, -0.05) is 36.4 Å². The van der Waals surface area contributed by atoms with Gasteiger partial charge in [0.1, 0.15) is 0 Å². The molecule has 0 radical (unpaired) electrons. The van der Waals surface area contributed by atoms with Crippen LogP contribution in [0.2, 0.25) is 0 Å². The number of nitrogens with one attached hydrogen (secondary N) is 1. The summed E-state index contributed by atoms with van der Waals surface area (Å²) in [5.74, 6) is 0.868. The fourth-order valence-electron chi connectivity index (χ4n) is 3.72. The summed E-state index contributed by atoms with van der Waals surface area (Å²) in [6.45, 7) is 1.79. The minimum absolute atomic E-state index is 0.278. The number of amides is 1. The first-order valence-electron chi connectivity index (χ1n) is 9.01. The number of aryl methyl sites for hydroxylation is 1. The van der Waals surface area contributed by atoms with Gasteiger partial charge in [-0.3, -0.25) is 4.79 Å². The van der Waals surface area contributed by atoms with E-state index in [9.17, 15) is 4.79 Å². The van der Waals surface area contributed by atoms with Crippen molar-refractivity contribution in [2.24, 2.45) is 5.92 Å². The number of imidazole rings is 1. The Morgan fingerprint density at radius 2 is 2.04 bits per heavy atom. The highest BCUT2D eigenvalue weighted by Gasteiger charge is 2.25. The topological polar surface area (TPSA) is 49.0 Å². The van der Waals surface area contributed by atoms with E-state index >= 15 is 0 Å². The Bertz CT molecular complexity index is 856. The molecular weight excluding hydrogens is 310 g/mol. The van der Waals surface area contributed by atoms with Crippen molar-refractivity contribution < 1.29 is 4.79 Å². The van der Waals surface area contributed by atoms with Gasteiger partial charge < -0.3 is 9.88 Å². The second kappa shape index (κ2) is 7.09. The van der Waals surface area contributed by atoms with Gasteiger partial charge in [-0.05, 0) is 48.4 Å². The van der Waals surface area contributed by atoms with Crippen LogP contribution in [0, 0.1) is 5.92 Å². The Balaban J connectivity index is 1.29. The maximum atomic E-state index is 12.5. The normalized spacial score (nSPS) is 17.3. The van der Waals surface area contributed by atoms with Crippen LogP contribution < -0.4 is 0 Å². The van der Waals surface area contributed by atoms with Crippen molar-refractivity contribution in [1.29, 1.82) is 0 Å². The molecular formula is C21H23N3O. The number of carbonyl (C=O) groups excluding carboxylic acids is 1. The Hall–Kier alpha value is -2.62. The number of fused-ring (bicyclic) bond motifs is 1. The number of rotatable bonds is 5. The molecule has 1 atom stereocenters. The standard InChI is InChI=1S/C21H23N3O/c25-21(9-7-17-6-8-19-20(13-17)23-15-22-19)24-11-10-18(14-24)12-16-4-2-1-3-5-16/h1-6,8,13,15,18H,7,9-12,14H2,(H,22,23). The van der Waals surface area contributed by atoms with E-state index < -0.39 is 0 Å². The van der Waals surface area contributed by atoms with Gasteiger partial charge in [-0.25, -0.2) is 4.98 Å². The first-order valence-corrected chi connectivity index (χ1v) is 9.01. The van der Waals surface area contributed by atoms with Gasteiger partial charge in [0.15, 0.2) is 0 Å². The quantitative estimate of drug-likeness (QED) is 0.776. The highest BCUT2D eigenvalue weighted by Crippen LogP contribution is 2.22. The van der Waals surface area contributed by atoms with Gasteiger partial charge in [0, 0.05) is 19.5 Å². The SMILES string of the molecule is O=C(CCc1ccc2nc[nH]c2c1)N1CCC(Cc2ccccc2)C1. The average molecular weight is 333 g/mol. The van der Waals surface area contributed by atoms with E-state index in [4.69, 9.17) is 0 Å². The van der Waals surface area contributed by atoms with Crippen LogP contribution in [0.1, 0.15) is 24.0 Å². The van der Waals surface area contributed by atoms with Crippen molar-refractivity contribution in [3.8, 4) is 0 Å². The van der Waals surface area contributed by atoms with Crippen molar-refractivity contribution in [3.05, 3.63) is 66.0 Å². The molecule has 4 nitrogen and oxygen atoms in total. The molecule has 2 aromatic carbocycles. The molecule has 4 heteroatoms. The molecule has 3 aromatic rings. The first kappa shape index (κ1) is 15.9. The summed E-state index contributed by atoms with van der Waals surface area (Å²) in [6, 6.07) is 16.8. The van der Waals surface area contributed by atoms with Crippen LogP contribution >= 0.6 is 0 Å². The van der Waals surface area contributed by atoms with E-state index in [0.29, 0.717) is 12.3 Å². The molecule has 1 aliphatic rings. The minimum Gasteiger partial charge on any atom is -0.345 e. The van der Waals surface area contributed by atoms with Crippen LogP contribution in [0.5, 0.6) is 0 Å². The van der Waals surface area contributed by atoms with Crippen molar-refractivity contribution >= 4 is 16.9 Å². The zero-order valence-corrected chi connectivity index (χ0v) is 14.3. The predicted molar refractivity (Wildman–Crippen MR) is 99.2 cm³/mol. The zero-order chi connectivity index (χ0) is 17.1. The van der Waals surface area contributed by atoms with Crippen LogP contribution in [0.3, 0.4) is 0 Å². The summed E-state index contributed by atoms with van der Waals surface area (Å²) in [5.41, 5.74) is 4.56. The number of carbonyl (C=O) groups is 1. The maximum Gasteiger partial charge on any atom is 0.222 e. The number of benzene rings is 2. The summed E-state index contributed by atoms with van der Waals surface area (Å²) < 4.78 is 0. The highest BCUT2D eigenvalue weighted by atomic mass is 16.2. The molecule has 2 heterocycles. The van der Waals surface area contributed by atoms with Crippen molar-refractivity contribution in [2.45, 2.75) is 25.7 Å². The van der Waals surface area contributed by atoms with Crippen LogP contribution in [0.25, 0.3) is 11.0 Å². The van der Waals surface area contributed by atoms with Crippen molar-refractivity contribution in [3.63, 3.8) is 0 Å². The van der Waals surface area contributed by atoms with E-state index in [2.05, 4.69) is 52.4 Å². The van der Waals surface area contributed by atoms with Gasteiger partial charge in [-0.2, -0.15) is 0 Å². The number of nitrogens with zero attached hydrogens (tertiary/aromatic N) is 2. The number of H-pyrrole nitrogens is 1. The molecule has 1 N–H and O–H groups in total. The third-order valence-electron chi connectivity index (χ3n) is 5.12. The molecule has 1 unspecified atom stereocenters. The summed E-state index contributed by atoms with van der Waals surface area (Å²) in [7, 11) is 0. The lowest BCUT2D eigenvalue weighted by molar-refractivity contribution is -0.130. The third kappa shape index (κ3) is 3.73. The Kier molecular flexibility index (Phi) is 4.51. The molecule has 1 amide bonds. The molecule has 1 fully saturated rings. The fourth-order valence-corrected chi connectivity index (χ4v) is 3.72. The first-order chi connectivity index (χ1) is 12.3. The minimum atomic E-state index is 0.278. The van der Waals surface area contributed by atoms with E-state index in [1.54, 1.807) is 6.33 Å². The van der Waals surface area contributed by atoms with E-state index in [1.807, 2.05) is 11.0 Å². The Labute approximate surface area is 147 Å².